The van der Waals surface area contributed by atoms with Gasteiger partial charge < -0.3 is 15.5 Å². The summed E-state index contributed by atoms with van der Waals surface area (Å²) in [6, 6.07) is 12.6. The molecule has 1 saturated heterocycles. The lowest BCUT2D eigenvalue weighted by molar-refractivity contribution is 0.0741. The number of nitrogens with two attached hydrogens (primary N) is 1. The highest BCUT2D eigenvalue weighted by Gasteiger charge is 2.28. The molecular formula is C23H21FN6O2S2. The minimum absolute atomic E-state index is 0.106. The second-order valence-corrected chi connectivity index (χ2v) is 9.46. The number of halogens is 1. The molecule has 8 nitrogen and oxygen atoms in total. The van der Waals surface area contributed by atoms with Crippen LogP contribution in [0.5, 0.6) is 0 Å². The van der Waals surface area contributed by atoms with Crippen LogP contribution in [0, 0.1) is 6.92 Å². The number of nitrogen functional groups attached to an aromatic ring is 1. The molecule has 0 atom stereocenters. The van der Waals surface area contributed by atoms with Gasteiger partial charge in [-0.15, -0.1) is 11.3 Å². The first kappa shape index (κ1) is 22.4. The average molecular weight is 497 g/mol. The Hall–Kier alpha value is -3.44. The molecule has 0 aliphatic carbocycles. The fourth-order valence-electron chi connectivity index (χ4n) is 4.00. The molecule has 174 valence electrons. The quantitative estimate of drug-likeness (QED) is 0.460. The highest BCUT2D eigenvalue weighted by Crippen LogP contribution is 2.28. The highest BCUT2D eigenvalue weighted by atomic mass is 32.2. The second-order valence-electron chi connectivity index (χ2n) is 7.98. The van der Waals surface area contributed by atoms with Gasteiger partial charge in [0.15, 0.2) is 5.69 Å². The molecule has 5 rings (SSSR count). The fraction of sp³-hybridized carbons (Fsp3) is 0.217. The van der Waals surface area contributed by atoms with Gasteiger partial charge in [0.1, 0.15) is 23.0 Å². The maximum atomic E-state index is 13.5. The van der Waals surface area contributed by atoms with Crippen LogP contribution in [0.4, 0.5) is 14.7 Å². The third kappa shape index (κ3) is 4.01. The number of anilines is 2. The molecule has 2 N–H and O–H groups in total. The number of rotatable bonds is 4. The van der Waals surface area contributed by atoms with Crippen molar-refractivity contribution in [3.8, 4) is 5.69 Å². The number of nitrogens with zero attached hydrogens (tertiary/aromatic N) is 5. The second kappa shape index (κ2) is 9.07. The van der Waals surface area contributed by atoms with E-state index in [1.54, 1.807) is 34.5 Å². The van der Waals surface area contributed by atoms with E-state index < -0.39 is 0 Å². The van der Waals surface area contributed by atoms with Gasteiger partial charge in [0.2, 0.25) is 0 Å². The Labute approximate surface area is 203 Å². The van der Waals surface area contributed by atoms with Crippen molar-refractivity contribution in [2.45, 2.75) is 11.9 Å². The fourth-order valence-corrected chi connectivity index (χ4v) is 5.05. The Morgan fingerprint density at radius 1 is 1.12 bits per heavy atom. The molecular weight excluding hydrogens is 475 g/mol. The zero-order valence-electron chi connectivity index (χ0n) is 18.3. The first-order valence-electron chi connectivity index (χ1n) is 10.6. The summed E-state index contributed by atoms with van der Waals surface area (Å²) in [5.74, 6) is 0.415. The van der Waals surface area contributed by atoms with Crippen LogP contribution < -0.4 is 16.2 Å². The van der Waals surface area contributed by atoms with Crippen LogP contribution in [-0.2, 0) is 0 Å². The summed E-state index contributed by atoms with van der Waals surface area (Å²) in [6.07, 6.45) is 0. The lowest BCUT2D eigenvalue weighted by Crippen LogP contribution is -2.49. The van der Waals surface area contributed by atoms with Crippen LogP contribution in [0.3, 0.4) is 0 Å². The highest BCUT2D eigenvalue weighted by molar-refractivity contribution is 7.94. The zero-order valence-corrected chi connectivity index (χ0v) is 19.9. The number of amides is 1. The summed E-state index contributed by atoms with van der Waals surface area (Å²) in [6.45, 7) is 3.94. The van der Waals surface area contributed by atoms with E-state index in [2.05, 4.69) is 10.1 Å². The number of hydrogen-bond acceptors (Lipinski definition) is 8. The number of aryl methyl sites for hydroxylation is 1. The summed E-state index contributed by atoms with van der Waals surface area (Å²) in [4.78, 5) is 34.7. The molecule has 1 fully saturated rings. The SMILES string of the molecule is Cc1ccc(-n2nc(C(=O)N3CCN(c4cccc(SF)n4)CC3)c3csc(N)c3c2=O)cc1. The van der Waals surface area contributed by atoms with Crippen LogP contribution in [0.2, 0.25) is 0 Å². The molecule has 0 bridgehead atoms. The molecule has 1 amide bonds. The van der Waals surface area contributed by atoms with Crippen molar-refractivity contribution in [3.05, 3.63) is 69.5 Å². The van der Waals surface area contributed by atoms with Crippen LogP contribution >= 0.6 is 23.5 Å². The minimum atomic E-state index is -0.351. The van der Waals surface area contributed by atoms with Gasteiger partial charge in [-0.2, -0.15) is 13.7 Å². The number of piperazine rings is 1. The summed E-state index contributed by atoms with van der Waals surface area (Å²) in [5, 5.41) is 7.64. The van der Waals surface area contributed by atoms with Crippen LogP contribution in [-0.4, -0.2) is 51.8 Å². The van der Waals surface area contributed by atoms with Crippen molar-refractivity contribution in [2.75, 3.05) is 36.8 Å². The maximum Gasteiger partial charge on any atom is 0.282 e. The number of carbonyl (C=O) groups is 1. The Balaban J connectivity index is 1.46. The first-order valence-corrected chi connectivity index (χ1v) is 12.2. The number of aromatic nitrogens is 3. The third-order valence-corrected chi connectivity index (χ3v) is 7.04. The molecule has 3 aromatic heterocycles. The molecule has 11 heteroatoms. The van der Waals surface area contributed by atoms with Crippen LogP contribution in [0.25, 0.3) is 16.5 Å². The summed E-state index contributed by atoms with van der Waals surface area (Å²) < 4.78 is 14.2. The van der Waals surface area contributed by atoms with Gasteiger partial charge in [0, 0.05) is 36.9 Å². The number of thiophene rings is 1. The Morgan fingerprint density at radius 3 is 2.56 bits per heavy atom. The van der Waals surface area contributed by atoms with Crippen molar-refractivity contribution >= 4 is 51.0 Å². The number of carbonyl (C=O) groups excluding carboxylic acids is 1. The van der Waals surface area contributed by atoms with Crippen molar-refractivity contribution in [2.24, 2.45) is 0 Å². The van der Waals surface area contributed by atoms with E-state index in [9.17, 15) is 13.5 Å². The van der Waals surface area contributed by atoms with E-state index in [1.165, 1.54) is 16.0 Å². The van der Waals surface area contributed by atoms with Crippen molar-refractivity contribution in [1.29, 1.82) is 0 Å². The van der Waals surface area contributed by atoms with Gasteiger partial charge in [-0.3, -0.25) is 9.59 Å². The molecule has 4 heterocycles. The molecule has 0 unspecified atom stereocenters. The molecule has 4 aromatic rings. The largest absolute Gasteiger partial charge is 0.390 e. The van der Waals surface area contributed by atoms with E-state index in [0.29, 0.717) is 58.5 Å². The van der Waals surface area contributed by atoms with Crippen molar-refractivity contribution in [3.63, 3.8) is 0 Å². The van der Waals surface area contributed by atoms with Crippen LogP contribution in [0.1, 0.15) is 16.1 Å². The van der Waals surface area contributed by atoms with Gasteiger partial charge in [0.05, 0.1) is 16.1 Å². The predicted octanol–water partition coefficient (Wildman–Crippen LogP) is 3.67. The molecule has 1 aliphatic rings. The lowest BCUT2D eigenvalue weighted by Gasteiger charge is -2.35. The summed E-state index contributed by atoms with van der Waals surface area (Å²) in [5.41, 5.74) is 7.58. The molecule has 0 spiro atoms. The van der Waals surface area contributed by atoms with Gasteiger partial charge in [-0.05, 0) is 31.2 Å². The molecule has 1 aliphatic heterocycles. The zero-order chi connectivity index (χ0) is 23.8. The van der Waals surface area contributed by atoms with Gasteiger partial charge in [-0.1, -0.05) is 23.8 Å². The average Bonchev–Trinajstić information content (AvgIpc) is 3.27. The number of benzene rings is 1. The monoisotopic (exact) mass is 496 g/mol. The van der Waals surface area contributed by atoms with E-state index in [0.717, 1.165) is 5.56 Å². The van der Waals surface area contributed by atoms with Crippen molar-refractivity contribution in [1.82, 2.24) is 19.7 Å². The van der Waals surface area contributed by atoms with E-state index in [1.807, 2.05) is 30.0 Å². The standard InChI is InChI=1S/C23H21FN6O2S2/c1-14-5-7-15(8-6-14)30-22(31)19-16(13-33-21(19)25)20(27-30)23(32)29-11-9-28(10-12-29)17-3-2-4-18(26-17)34-24/h2-8,13H,9-12,25H2,1H3. The smallest absolute Gasteiger partial charge is 0.282 e. The topological polar surface area (TPSA) is 97.3 Å². The van der Waals surface area contributed by atoms with Crippen LogP contribution in [0.15, 0.2) is 57.7 Å². The van der Waals surface area contributed by atoms with E-state index in [-0.39, 0.29) is 29.3 Å². The van der Waals surface area contributed by atoms with Gasteiger partial charge in [-0.25, -0.2) is 4.98 Å². The molecule has 0 saturated carbocycles. The number of pyridine rings is 1. The normalized spacial score (nSPS) is 14.1. The minimum Gasteiger partial charge on any atom is -0.390 e. The van der Waals surface area contributed by atoms with Gasteiger partial charge in [0.25, 0.3) is 11.5 Å². The van der Waals surface area contributed by atoms with E-state index in [4.69, 9.17) is 5.73 Å². The van der Waals surface area contributed by atoms with E-state index >= 15 is 0 Å². The lowest BCUT2D eigenvalue weighted by atomic mass is 10.2. The molecule has 34 heavy (non-hydrogen) atoms. The Kier molecular flexibility index (Phi) is 5.96. The first-order chi connectivity index (χ1) is 16.5. The number of fused-ring (bicyclic) bond motifs is 1. The summed E-state index contributed by atoms with van der Waals surface area (Å²) >= 11 is 1.33. The molecule has 1 aromatic carbocycles. The Bertz CT molecular complexity index is 1430. The third-order valence-electron chi connectivity index (χ3n) is 5.84. The Morgan fingerprint density at radius 2 is 1.85 bits per heavy atom. The number of hydrogen-bond donors (Lipinski definition) is 1. The van der Waals surface area contributed by atoms with Crippen molar-refractivity contribution < 1.29 is 8.68 Å². The van der Waals surface area contributed by atoms with Gasteiger partial charge >= 0.3 is 0 Å². The predicted molar refractivity (Wildman–Crippen MR) is 134 cm³/mol. The summed E-state index contributed by atoms with van der Waals surface area (Å²) in [7, 11) is 0. The maximum absolute atomic E-state index is 13.5. The molecule has 0 radical (unpaired) electrons.